The third-order valence-electron chi connectivity index (χ3n) is 6.30. The van der Waals surface area contributed by atoms with Gasteiger partial charge in [0.15, 0.2) is 0 Å². The van der Waals surface area contributed by atoms with Crippen molar-refractivity contribution in [3.05, 3.63) is 124 Å². The molecule has 0 aromatic heterocycles. The first kappa shape index (κ1) is 33.8. The smallest absolute Gasteiger partial charge is 0.272 e. The van der Waals surface area contributed by atoms with Gasteiger partial charge in [-0.15, -0.1) is 11.8 Å². The van der Waals surface area contributed by atoms with Crippen molar-refractivity contribution >= 4 is 80.2 Å². The van der Waals surface area contributed by atoms with E-state index in [4.69, 9.17) is 28.3 Å². The molecule has 0 saturated heterocycles. The maximum absolute atomic E-state index is 13.5. The van der Waals surface area contributed by atoms with E-state index in [2.05, 4.69) is 16.0 Å². The summed E-state index contributed by atoms with van der Waals surface area (Å²) in [7, 11) is -3.85. The summed E-state index contributed by atoms with van der Waals surface area (Å²) < 4.78 is 23.0. The maximum atomic E-state index is 13.5. The lowest BCUT2D eigenvalue weighted by Crippen LogP contribution is -2.30. The molecule has 0 saturated carbocycles. The highest BCUT2D eigenvalue weighted by Gasteiger charge is 2.20. The number of carbonyl (C=O) groups is 3. The van der Waals surface area contributed by atoms with Gasteiger partial charge in [0.05, 0.1) is 10.1 Å². The number of primary sulfonamides is 1. The quantitative estimate of drug-likeness (QED) is 0.104. The normalized spacial score (nSPS) is 12.2. The lowest BCUT2D eigenvalue weighted by molar-refractivity contribution is -0.116. The van der Waals surface area contributed by atoms with Crippen molar-refractivity contribution in [3.8, 4) is 0 Å². The van der Waals surface area contributed by atoms with Gasteiger partial charge in [0.1, 0.15) is 5.70 Å². The molecule has 4 rings (SSSR count). The highest BCUT2D eigenvalue weighted by Crippen LogP contribution is 2.30. The topological polar surface area (TPSA) is 147 Å². The molecular weight excluding hydrogens is 655 g/mol. The van der Waals surface area contributed by atoms with Crippen LogP contribution in [0.5, 0.6) is 0 Å². The lowest BCUT2D eigenvalue weighted by Gasteiger charge is -2.16. The van der Waals surface area contributed by atoms with Gasteiger partial charge in [0.2, 0.25) is 15.9 Å². The second kappa shape index (κ2) is 15.2. The van der Waals surface area contributed by atoms with Gasteiger partial charge >= 0.3 is 0 Å². The molecule has 0 aliphatic carbocycles. The largest absolute Gasteiger partial charge is 0.325 e. The van der Waals surface area contributed by atoms with Gasteiger partial charge in [-0.05, 0) is 79.2 Å². The monoisotopic (exact) mass is 682 g/mol. The van der Waals surface area contributed by atoms with E-state index < -0.39 is 27.1 Å². The molecular formula is C32H28Cl2N4O5S2. The van der Waals surface area contributed by atoms with Crippen molar-refractivity contribution in [1.82, 2.24) is 5.32 Å². The molecule has 45 heavy (non-hydrogen) atoms. The van der Waals surface area contributed by atoms with Crippen molar-refractivity contribution in [2.24, 2.45) is 5.14 Å². The van der Waals surface area contributed by atoms with Crippen LogP contribution in [-0.4, -0.2) is 31.4 Å². The summed E-state index contributed by atoms with van der Waals surface area (Å²) >= 11 is 14.0. The Morgan fingerprint density at radius 1 is 0.844 bits per heavy atom. The number of nitrogens with two attached hydrogens (primary N) is 1. The molecule has 1 unspecified atom stereocenters. The molecule has 4 aromatic rings. The van der Waals surface area contributed by atoms with E-state index in [0.29, 0.717) is 43.9 Å². The Hall–Kier alpha value is -4.13. The predicted molar refractivity (Wildman–Crippen MR) is 180 cm³/mol. The standard InChI is InChI=1S/C32H28Cl2N4O5S2/c1-2-29(32(41)36-21-14-16-24(17-15-21)45(35,42)43)44-23-11-6-10-22(18-23)37-31(40)28(19-25-26(33)12-7-13-27(25)34)38-30(39)20-8-4-3-5-9-20/h3-19,29H,2H2,1H3,(H,36,41)(H,37,40)(H,38,39)(H2,35,42,43)/b28-19+. The van der Waals surface area contributed by atoms with E-state index >= 15 is 0 Å². The highest BCUT2D eigenvalue weighted by molar-refractivity contribution is 8.00. The third kappa shape index (κ3) is 9.43. The zero-order valence-corrected chi connectivity index (χ0v) is 26.9. The SMILES string of the molecule is CCC(Sc1cccc(NC(=O)/C(=C\c2c(Cl)cccc2Cl)NC(=O)c2ccccc2)c1)C(=O)Nc1ccc(S(N)(=O)=O)cc1. The van der Waals surface area contributed by atoms with Gasteiger partial charge in [-0.25, -0.2) is 13.6 Å². The third-order valence-corrected chi connectivity index (χ3v) is 9.25. The Morgan fingerprint density at radius 3 is 2.11 bits per heavy atom. The molecule has 1 atom stereocenters. The van der Waals surface area contributed by atoms with Crippen LogP contribution in [0.25, 0.3) is 6.08 Å². The van der Waals surface area contributed by atoms with Crippen LogP contribution in [0.2, 0.25) is 10.0 Å². The number of amides is 3. The molecule has 5 N–H and O–H groups in total. The molecule has 0 spiro atoms. The lowest BCUT2D eigenvalue weighted by atomic mass is 10.1. The number of hydrogen-bond donors (Lipinski definition) is 4. The fourth-order valence-corrected chi connectivity index (χ4v) is 6.05. The molecule has 232 valence electrons. The van der Waals surface area contributed by atoms with Crippen LogP contribution in [0.4, 0.5) is 11.4 Å². The Balaban J connectivity index is 1.51. The van der Waals surface area contributed by atoms with Crippen molar-refractivity contribution in [1.29, 1.82) is 0 Å². The number of sulfonamides is 1. The molecule has 0 bridgehead atoms. The Morgan fingerprint density at radius 2 is 1.49 bits per heavy atom. The molecule has 0 aliphatic rings. The van der Waals surface area contributed by atoms with E-state index in [1.165, 1.54) is 42.1 Å². The van der Waals surface area contributed by atoms with Gasteiger partial charge in [-0.2, -0.15) is 0 Å². The second-order valence-electron chi connectivity index (χ2n) is 9.57. The van der Waals surface area contributed by atoms with E-state index in [1.807, 2.05) is 6.92 Å². The number of nitrogens with one attached hydrogen (secondary N) is 3. The molecule has 0 fully saturated rings. The van der Waals surface area contributed by atoms with Crippen molar-refractivity contribution in [3.63, 3.8) is 0 Å². The summed E-state index contributed by atoms with van der Waals surface area (Å²) in [4.78, 5) is 40.1. The summed E-state index contributed by atoms with van der Waals surface area (Å²) in [5.41, 5.74) is 1.46. The highest BCUT2D eigenvalue weighted by atomic mass is 35.5. The maximum Gasteiger partial charge on any atom is 0.272 e. The number of thioether (sulfide) groups is 1. The first-order chi connectivity index (χ1) is 21.4. The molecule has 0 aliphatic heterocycles. The fourth-order valence-electron chi connectivity index (χ4n) is 4.02. The molecule has 9 nitrogen and oxygen atoms in total. The summed E-state index contributed by atoms with van der Waals surface area (Å²) in [6, 6.07) is 25.8. The van der Waals surface area contributed by atoms with Gasteiger partial charge in [-0.3, -0.25) is 14.4 Å². The van der Waals surface area contributed by atoms with Crippen LogP contribution < -0.4 is 21.1 Å². The van der Waals surface area contributed by atoms with Gasteiger partial charge < -0.3 is 16.0 Å². The van der Waals surface area contributed by atoms with Crippen LogP contribution in [0.3, 0.4) is 0 Å². The number of rotatable bonds is 11. The average Bonchev–Trinajstić information content (AvgIpc) is 3.01. The number of carbonyl (C=O) groups excluding carboxylic acids is 3. The fraction of sp³-hybridized carbons (Fsp3) is 0.0938. The minimum atomic E-state index is -3.85. The van der Waals surface area contributed by atoms with E-state index in [9.17, 15) is 22.8 Å². The average molecular weight is 684 g/mol. The van der Waals surface area contributed by atoms with Crippen molar-refractivity contribution in [2.45, 2.75) is 28.4 Å². The summed E-state index contributed by atoms with van der Waals surface area (Å²) in [5.74, 6) is -1.41. The van der Waals surface area contributed by atoms with Gasteiger partial charge in [0.25, 0.3) is 11.8 Å². The zero-order valence-electron chi connectivity index (χ0n) is 23.8. The first-order valence-electron chi connectivity index (χ1n) is 13.5. The van der Waals surface area contributed by atoms with Crippen LogP contribution in [-0.2, 0) is 19.6 Å². The minimum absolute atomic E-state index is 0.0617. The summed E-state index contributed by atoms with van der Waals surface area (Å²) in [5, 5.41) is 13.5. The number of hydrogen-bond acceptors (Lipinski definition) is 6. The number of benzene rings is 4. The van der Waals surface area contributed by atoms with Crippen molar-refractivity contribution in [2.75, 3.05) is 10.6 Å². The van der Waals surface area contributed by atoms with Crippen molar-refractivity contribution < 1.29 is 22.8 Å². The Labute approximate surface area is 275 Å². The number of halogens is 2. The van der Waals surface area contributed by atoms with Crippen LogP contribution in [0.15, 0.2) is 113 Å². The van der Waals surface area contributed by atoms with Crippen LogP contribution in [0.1, 0.15) is 29.3 Å². The second-order valence-corrected chi connectivity index (χ2v) is 13.2. The van der Waals surface area contributed by atoms with Gasteiger partial charge in [0, 0.05) is 37.4 Å². The Bertz CT molecular complexity index is 1830. The summed E-state index contributed by atoms with van der Waals surface area (Å²) in [6.07, 6.45) is 1.89. The van der Waals surface area contributed by atoms with Crippen LogP contribution >= 0.6 is 35.0 Å². The first-order valence-corrected chi connectivity index (χ1v) is 16.7. The molecule has 0 radical (unpaired) electrons. The molecule has 4 aromatic carbocycles. The van der Waals surface area contributed by atoms with Gasteiger partial charge in [-0.1, -0.05) is 60.5 Å². The molecule has 0 heterocycles. The zero-order chi connectivity index (χ0) is 32.6. The minimum Gasteiger partial charge on any atom is -0.325 e. The molecule has 13 heteroatoms. The van der Waals surface area contributed by atoms with E-state index in [0.717, 1.165) is 0 Å². The predicted octanol–water partition coefficient (Wildman–Crippen LogP) is 6.56. The van der Waals surface area contributed by atoms with Crippen LogP contribution in [0, 0.1) is 0 Å². The molecule has 3 amide bonds. The number of anilines is 2. The Kier molecular flexibility index (Phi) is 11.4. The van der Waals surface area contributed by atoms with E-state index in [1.54, 1.807) is 72.8 Å². The summed E-state index contributed by atoms with van der Waals surface area (Å²) in [6.45, 7) is 1.86. The van der Waals surface area contributed by atoms with E-state index in [-0.39, 0.29) is 16.5 Å².